The number of benzene rings is 1. The second-order valence-electron chi connectivity index (χ2n) is 9.79. The van der Waals surface area contributed by atoms with Crippen LogP contribution in [0.4, 0.5) is 23.4 Å². The van der Waals surface area contributed by atoms with Crippen LogP contribution in [0.15, 0.2) is 24.3 Å². The molecule has 0 spiro atoms. The number of hydrogen-bond acceptors (Lipinski definition) is 5. The number of ether oxygens (including phenoxy) is 1. The summed E-state index contributed by atoms with van der Waals surface area (Å²) in [4.78, 5) is 22.7. The molecule has 198 valence electrons. The number of carbonyl (C=O) groups excluding carboxylic acids is 1. The molecule has 0 bridgehead atoms. The zero-order chi connectivity index (χ0) is 26.5. The normalized spacial score (nSPS) is 19.6. The van der Waals surface area contributed by atoms with Gasteiger partial charge in [-0.15, -0.1) is 0 Å². The molecule has 2 aliphatic heterocycles. The summed E-state index contributed by atoms with van der Waals surface area (Å²) in [6.45, 7) is 7.43. The van der Waals surface area contributed by atoms with Crippen molar-refractivity contribution >= 4 is 22.8 Å². The number of nitrogens with one attached hydrogen (secondary N) is 1. The number of piperidine rings is 1. The van der Waals surface area contributed by atoms with Crippen molar-refractivity contribution in [2.75, 3.05) is 25.0 Å². The second-order valence-corrected chi connectivity index (χ2v) is 9.79. The van der Waals surface area contributed by atoms with Crippen molar-refractivity contribution in [3.8, 4) is 0 Å². The van der Waals surface area contributed by atoms with Gasteiger partial charge in [-0.3, -0.25) is 4.79 Å². The topological polar surface area (TPSA) is 72.3 Å². The Labute approximate surface area is 211 Å². The Morgan fingerprint density at radius 3 is 2.59 bits per heavy atom. The Bertz CT molecular complexity index is 1330. The van der Waals surface area contributed by atoms with Gasteiger partial charge in [0.25, 0.3) is 0 Å². The van der Waals surface area contributed by atoms with Crippen molar-refractivity contribution in [3.63, 3.8) is 0 Å². The lowest BCUT2D eigenvalue weighted by atomic mass is 9.89. The van der Waals surface area contributed by atoms with E-state index in [2.05, 4.69) is 19.9 Å². The number of likely N-dealkylation sites (tertiary alicyclic amines) is 1. The van der Waals surface area contributed by atoms with Crippen LogP contribution in [0.25, 0.3) is 11.0 Å². The standard InChI is InChI=1S/C26H29F4N5O2/c1-14(18-5-4-6-20(22(18)27)26(28,29)30)31-24-19-13-21-23(17-7-9-34(10-8-17)16(3)36)37-12-11-35(21)25(19)33-15(2)32-24/h4-6,13-14,17,23H,7-12H2,1-3H3,(H,31,32,33)/t14-,23?/m1/s1. The highest BCUT2D eigenvalue weighted by atomic mass is 19.4. The van der Waals surface area contributed by atoms with Crippen LogP contribution in [-0.2, 0) is 22.3 Å². The van der Waals surface area contributed by atoms with Crippen LogP contribution >= 0.6 is 0 Å². The number of alkyl halides is 3. The van der Waals surface area contributed by atoms with Gasteiger partial charge < -0.3 is 19.5 Å². The fourth-order valence-electron chi connectivity index (χ4n) is 5.47. The van der Waals surface area contributed by atoms with Gasteiger partial charge in [0.15, 0.2) is 0 Å². The van der Waals surface area contributed by atoms with E-state index in [1.807, 2.05) is 11.0 Å². The van der Waals surface area contributed by atoms with Crippen LogP contribution < -0.4 is 5.32 Å². The third kappa shape index (κ3) is 4.76. The molecule has 0 saturated carbocycles. The van der Waals surface area contributed by atoms with E-state index in [9.17, 15) is 22.4 Å². The van der Waals surface area contributed by atoms with Crippen LogP contribution in [0.1, 0.15) is 61.5 Å². The Balaban J connectivity index is 1.47. The lowest BCUT2D eigenvalue weighted by Crippen LogP contribution is -2.40. The van der Waals surface area contributed by atoms with Crippen molar-refractivity contribution in [3.05, 3.63) is 52.7 Å². The first-order chi connectivity index (χ1) is 17.5. The third-order valence-corrected chi connectivity index (χ3v) is 7.37. The molecule has 37 heavy (non-hydrogen) atoms. The Morgan fingerprint density at radius 2 is 1.92 bits per heavy atom. The third-order valence-electron chi connectivity index (χ3n) is 7.37. The fraction of sp³-hybridized carbons (Fsp3) is 0.500. The number of aromatic nitrogens is 3. The second kappa shape index (κ2) is 9.59. The molecular formula is C26H29F4N5O2. The van der Waals surface area contributed by atoms with Gasteiger partial charge in [0.1, 0.15) is 29.2 Å². The fourth-order valence-corrected chi connectivity index (χ4v) is 5.47. The Hall–Kier alpha value is -3.21. The average Bonchev–Trinajstić information content (AvgIpc) is 3.22. The first-order valence-electron chi connectivity index (χ1n) is 12.4. The summed E-state index contributed by atoms with van der Waals surface area (Å²) in [6, 6.07) is 4.47. The molecule has 4 heterocycles. The summed E-state index contributed by atoms with van der Waals surface area (Å²) in [6.07, 6.45) is -3.29. The molecule has 1 fully saturated rings. The lowest BCUT2D eigenvalue weighted by Gasteiger charge is -2.37. The molecule has 1 amide bonds. The highest BCUT2D eigenvalue weighted by Crippen LogP contribution is 2.40. The molecule has 0 aliphatic carbocycles. The van der Waals surface area contributed by atoms with Crippen LogP contribution in [-0.4, -0.2) is 45.0 Å². The number of rotatable bonds is 4. The molecule has 1 N–H and O–H groups in total. The number of aryl methyl sites for hydroxylation is 1. The number of hydrogen-bond donors (Lipinski definition) is 1. The van der Waals surface area contributed by atoms with Gasteiger partial charge in [-0.2, -0.15) is 13.2 Å². The first kappa shape index (κ1) is 25.4. The van der Waals surface area contributed by atoms with E-state index in [-0.39, 0.29) is 23.5 Å². The number of fused-ring (bicyclic) bond motifs is 3. The van der Waals surface area contributed by atoms with Crippen LogP contribution in [0.2, 0.25) is 0 Å². The van der Waals surface area contributed by atoms with E-state index in [4.69, 9.17) is 4.74 Å². The van der Waals surface area contributed by atoms with Gasteiger partial charge >= 0.3 is 6.18 Å². The minimum Gasteiger partial charge on any atom is -0.370 e. The van der Waals surface area contributed by atoms with Crippen LogP contribution in [0.5, 0.6) is 0 Å². The van der Waals surface area contributed by atoms with Gasteiger partial charge in [-0.05, 0) is 44.7 Å². The zero-order valence-electron chi connectivity index (χ0n) is 20.9. The molecule has 1 unspecified atom stereocenters. The molecule has 1 saturated heterocycles. The number of halogens is 4. The predicted octanol–water partition coefficient (Wildman–Crippen LogP) is 5.40. The highest BCUT2D eigenvalue weighted by Gasteiger charge is 2.36. The molecule has 2 atom stereocenters. The van der Waals surface area contributed by atoms with Crippen molar-refractivity contribution in [1.29, 1.82) is 0 Å². The summed E-state index contributed by atoms with van der Waals surface area (Å²) in [7, 11) is 0. The number of anilines is 1. The maximum absolute atomic E-state index is 14.8. The molecule has 1 aromatic carbocycles. The summed E-state index contributed by atoms with van der Waals surface area (Å²) in [5, 5.41) is 3.83. The van der Waals surface area contributed by atoms with E-state index in [1.54, 1.807) is 20.8 Å². The summed E-state index contributed by atoms with van der Waals surface area (Å²) in [5.74, 6) is -0.0599. The minimum atomic E-state index is -4.78. The van der Waals surface area contributed by atoms with Crippen molar-refractivity contribution in [2.24, 2.45) is 5.92 Å². The maximum atomic E-state index is 14.8. The van der Waals surface area contributed by atoms with Gasteiger partial charge in [-0.25, -0.2) is 14.4 Å². The summed E-state index contributed by atoms with van der Waals surface area (Å²) in [5.41, 5.74) is 0.277. The Kier molecular flexibility index (Phi) is 6.59. The smallest absolute Gasteiger partial charge is 0.370 e. The Morgan fingerprint density at radius 1 is 1.19 bits per heavy atom. The monoisotopic (exact) mass is 519 g/mol. The SMILES string of the molecule is CC(=O)N1CCC(C2OCCn3c2cc2c(N[C@H](C)c4cccc(C(F)(F)F)c4F)nc(C)nc23)CC1. The van der Waals surface area contributed by atoms with Crippen LogP contribution in [0, 0.1) is 18.7 Å². The molecule has 5 rings (SSSR count). The lowest BCUT2D eigenvalue weighted by molar-refractivity contribution is -0.140. The van der Waals surface area contributed by atoms with E-state index < -0.39 is 23.6 Å². The summed E-state index contributed by atoms with van der Waals surface area (Å²) >= 11 is 0. The van der Waals surface area contributed by atoms with E-state index in [0.717, 1.165) is 24.6 Å². The van der Waals surface area contributed by atoms with Gasteiger partial charge in [0, 0.05) is 37.8 Å². The summed E-state index contributed by atoms with van der Waals surface area (Å²) < 4.78 is 62.8. The number of nitrogens with zero attached hydrogens (tertiary/aromatic N) is 4. The molecule has 7 nitrogen and oxygen atoms in total. The van der Waals surface area contributed by atoms with Gasteiger partial charge in [0.05, 0.1) is 23.6 Å². The van der Waals surface area contributed by atoms with Crippen molar-refractivity contribution in [1.82, 2.24) is 19.4 Å². The first-order valence-corrected chi connectivity index (χ1v) is 12.4. The minimum absolute atomic E-state index is 0.0740. The molecule has 2 aromatic heterocycles. The maximum Gasteiger partial charge on any atom is 0.419 e. The van der Waals surface area contributed by atoms with Gasteiger partial charge in [0.2, 0.25) is 5.91 Å². The molecule has 2 aliphatic rings. The molecule has 3 aromatic rings. The zero-order valence-corrected chi connectivity index (χ0v) is 20.9. The van der Waals surface area contributed by atoms with Crippen LogP contribution in [0.3, 0.4) is 0 Å². The molecular weight excluding hydrogens is 490 g/mol. The van der Waals surface area contributed by atoms with Crippen molar-refractivity contribution in [2.45, 2.75) is 58.5 Å². The largest absolute Gasteiger partial charge is 0.419 e. The van der Waals surface area contributed by atoms with E-state index >= 15 is 0 Å². The molecule has 0 radical (unpaired) electrons. The van der Waals surface area contributed by atoms with Crippen molar-refractivity contribution < 1.29 is 27.1 Å². The number of amides is 1. The van der Waals surface area contributed by atoms with E-state index in [0.29, 0.717) is 48.9 Å². The van der Waals surface area contributed by atoms with Gasteiger partial charge in [-0.1, -0.05) is 12.1 Å². The average molecular weight is 520 g/mol. The molecule has 11 heteroatoms. The predicted molar refractivity (Wildman–Crippen MR) is 129 cm³/mol. The highest BCUT2D eigenvalue weighted by molar-refractivity contribution is 5.89. The van der Waals surface area contributed by atoms with E-state index in [1.165, 1.54) is 12.1 Å². The number of carbonyl (C=O) groups is 1. The quantitative estimate of drug-likeness (QED) is 0.468.